The van der Waals surface area contributed by atoms with Crippen LogP contribution in [0.4, 0.5) is 22.0 Å². The Balaban J connectivity index is 1.77. The lowest BCUT2D eigenvalue weighted by atomic mass is 9.92. The van der Waals surface area contributed by atoms with E-state index >= 15 is 0 Å². The molecule has 0 amide bonds. The predicted molar refractivity (Wildman–Crippen MR) is 105 cm³/mol. The van der Waals surface area contributed by atoms with E-state index in [4.69, 9.17) is 4.74 Å². The van der Waals surface area contributed by atoms with Crippen LogP contribution in [0.2, 0.25) is 0 Å². The third kappa shape index (κ3) is 3.55. The van der Waals surface area contributed by atoms with E-state index in [1.54, 1.807) is 42.6 Å². The van der Waals surface area contributed by atoms with Crippen molar-refractivity contribution in [1.29, 1.82) is 0 Å². The van der Waals surface area contributed by atoms with Crippen LogP contribution in [0.15, 0.2) is 54.7 Å². The summed E-state index contributed by atoms with van der Waals surface area (Å²) in [4.78, 5) is 18.5. The molecule has 0 aliphatic carbocycles. The molecule has 32 heavy (non-hydrogen) atoms. The summed E-state index contributed by atoms with van der Waals surface area (Å²) in [6.07, 6.45) is 1.70. The molecule has 2 aromatic heterocycles. The summed E-state index contributed by atoms with van der Waals surface area (Å²) in [6, 6.07) is 13.4. The number of methoxy groups -OCH3 is 1. The molecule has 0 spiro atoms. The molecule has 0 radical (unpaired) electrons. The number of ketones is 1. The van der Waals surface area contributed by atoms with Crippen LogP contribution in [0, 0.1) is 29.1 Å². The average Bonchev–Trinajstić information content (AvgIpc) is 3.50. The highest BCUT2D eigenvalue weighted by atomic mass is 19.2. The molecule has 0 saturated carbocycles. The number of carbonyl (C=O) groups excluding carboxylic acids is 1. The summed E-state index contributed by atoms with van der Waals surface area (Å²) in [5.74, 6) is -12.2. The van der Waals surface area contributed by atoms with Gasteiger partial charge < -0.3 is 14.7 Å². The van der Waals surface area contributed by atoms with Crippen molar-refractivity contribution in [3.63, 3.8) is 0 Å². The van der Waals surface area contributed by atoms with E-state index in [1.165, 1.54) is 19.2 Å². The monoisotopic (exact) mass is 446 g/mol. The Labute approximate surface area is 178 Å². The standard InChI is InChI=1S/C23H15F5N2O2/c1-32-12-6-4-11(5-7-12)16(13-3-2-10-29-13)14-8-9-15(30-14)23(31)17-18(24)20(26)22(28)21(27)19(17)25/h2-10,16,29-30H,1H3. The number of carbonyl (C=O) groups is 1. The van der Waals surface area contributed by atoms with Crippen molar-refractivity contribution in [2.24, 2.45) is 0 Å². The first-order valence-corrected chi connectivity index (χ1v) is 9.35. The van der Waals surface area contributed by atoms with Gasteiger partial charge in [-0.3, -0.25) is 4.79 Å². The zero-order chi connectivity index (χ0) is 23.0. The summed E-state index contributed by atoms with van der Waals surface area (Å²) >= 11 is 0. The van der Waals surface area contributed by atoms with E-state index in [1.807, 2.05) is 0 Å². The number of halogens is 5. The Bertz CT molecular complexity index is 1250. The highest BCUT2D eigenvalue weighted by Crippen LogP contribution is 2.32. The van der Waals surface area contributed by atoms with Crippen LogP contribution in [0.1, 0.15) is 38.9 Å². The number of H-pyrrole nitrogens is 2. The summed E-state index contributed by atoms with van der Waals surface area (Å²) in [5.41, 5.74) is 0.159. The van der Waals surface area contributed by atoms with E-state index in [-0.39, 0.29) is 5.69 Å². The lowest BCUT2D eigenvalue weighted by Crippen LogP contribution is -2.14. The van der Waals surface area contributed by atoms with Gasteiger partial charge in [0.1, 0.15) is 11.3 Å². The molecule has 4 aromatic rings. The van der Waals surface area contributed by atoms with Crippen LogP contribution in [0.5, 0.6) is 5.75 Å². The number of ether oxygens (including phenoxy) is 1. The molecule has 2 heterocycles. The number of rotatable bonds is 6. The molecular weight excluding hydrogens is 431 g/mol. The largest absolute Gasteiger partial charge is 0.497 e. The van der Waals surface area contributed by atoms with Crippen molar-refractivity contribution < 1.29 is 31.5 Å². The molecule has 1 atom stereocenters. The van der Waals surface area contributed by atoms with Crippen molar-refractivity contribution in [1.82, 2.24) is 9.97 Å². The number of aromatic amines is 2. The first kappa shape index (κ1) is 21.4. The van der Waals surface area contributed by atoms with Gasteiger partial charge in [-0.1, -0.05) is 12.1 Å². The van der Waals surface area contributed by atoms with Gasteiger partial charge in [0.15, 0.2) is 23.3 Å². The van der Waals surface area contributed by atoms with Crippen molar-refractivity contribution in [3.8, 4) is 5.75 Å². The average molecular weight is 446 g/mol. The number of hydrogen-bond donors (Lipinski definition) is 2. The first-order valence-electron chi connectivity index (χ1n) is 9.35. The number of aromatic nitrogens is 2. The Hall–Kier alpha value is -3.88. The Morgan fingerprint density at radius 3 is 2.00 bits per heavy atom. The maximum absolute atomic E-state index is 14.1. The topological polar surface area (TPSA) is 57.9 Å². The second kappa shape index (κ2) is 8.33. The minimum atomic E-state index is -2.32. The van der Waals surface area contributed by atoms with Gasteiger partial charge in [-0.15, -0.1) is 0 Å². The lowest BCUT2D eigenvalue weighted by molar-refractivity contribution is 0.102. The fourth-order valence-corrected chi connectivity index (χ4v) is 3.50. The first-order chi connectivity index (χ1) is 15.3. The van der Waals surface area contributed by atoms with Crippen LogP contribution < -0.4 is 4.74 Å². The number of hydrogen-bond acceptors (Lipinski definition) is 2. The summed E-state index contributed by atoms with van der Waals surface area (Å²) < 4.78 is 73.7. The SMILES string of the molecule is COc1ccc(C(c2ccc[nH]2)c2ccc(C(=O)c3c(F)c(F)c(F)c(F)c3F)[nH]2)cc1. The number of nitrogens with one attached hydrogen (secondary N) is 2. The second-order valence-electron chi connectivity index (χ2n) is 6.93. The molecule has 2 N–H and O–H groups in total. The molecule has 0 aliphatic heterocycles. The van der Waals surface area contributed by atoms with E-state index in [0.29, 0.717) is 11.4 Å². The van der Waals surface area contributed by atoms with Crippen molar-refractivity contribution in [3.05, 3.63) is 112 Å². The maximum atomic E-state index is 14.1. The van der Waals surface area contributed by atoms with Crippen molar-refractivity contribution in [2.45, 2.75) is 5.92 Å². The van der Waals surface area contributed by atoms with E-state index in [0.717, 1.165) is 11.3 Å². The van der Waals surface area contributed by atoms with Crippen LogP contribution in [-0.4, -0.2) is 22.9 Å². The van der Waals surface area contributed by atoms with Gasteiger partial charge in [-0.25, -0.2) is 22.0 Å². The van der Waals surface area contributed by atoms with Gasteiger partial charge >= 0.3 is 0 Å². The van der Waals surface area contributed by atoms with E-state index in [2.05, 4.69) is 9.97 Å². The predicted octanol–water partition coefficient (Wildman–Crippen LogP) is 5.46. The summed E-state index contributed by atoms with van der Waals surface area (Å²) in [6.45, 7) is 0. The van der Waals surface area contributed by atoms with Crippen molar-refractivity contribution >= 4 is 5.78 Å². The molecule has 0 saturated heterocycles. The zero-order valence-corrected chi connectivity index (χ0v) is 16.5. The third-order valence-electron chi connectivity index (χ3n) is 5.08. The molecule has 4 nitrogen and oxygen atoms in total. The smallest absolute Gasteiger partial charge is 0.215 e. The highest BCUT2D eigenvalue weighted by Gasteiger charge is 2.31. The van der Waals surface area contributed by atoms with E-state index in [9.17, 15) is 26.7 Å². The van der Waals surface area contributed by atoms with Crippen LogP contribution in [-0.2, 0) is 0 Å². The fourth-order valence-electron chi connectivity index (χ4n) is 3.50. The van der Waals surface area contributed by atoms with Gasteiger partial charge in [-0.2, -0.15) is 0 Å². The molecule has 0 fully saturated rings. The minimum absolute atomic E-state index is 0.326. The van der Waals surface area contributed by atoms with Gasteiger partial charge in [-0.05, 0) is 42.0 Å². The molecule has 0 bridgehead atoms. The summed E-state index contributed by atoms with van der Waals surface area (Å²) in [5, 5.41) is 0. The van der Waals surface area contributed by atoms with Gasteiger partial charge in [0.25, 0.3) is 0 Å². The summed E-state index contributed by atoms with van der Waals surface area (Å²) in [7, 11) is 1.53. The molecule has 2 aromatic carbocycles. The Morgan fingerprint density at radius 2 is 1.44 bits per heavy atom. The third-order valence-corrected chi connectivity index (χ3v) is 5.08. The molecule has 4 rings (SSSR count). The molecule has 1 unspecified atom stereocenters. The van der Waals surface area contributed by atoms with Gasteiger partial charge in [0.2, 0.25) is 11.6 Å². The van der Waals surface area contributed by atoms with Crippen molar-refractivity contribution in [2.75, 3.05) is 7.11 Å². The molecule has 0 aliphatic rings. The molecule has 164 valence electrons. The highest BCUT2D eigenvalue weighted by molar-refractivity contribution is 6.08. The maximum Gasteiger partial charge on any atom is 0.215 e. The van der Waals surface area contributed by atoms with Crippen LogP contribution in [0.25, 0.3) is 0 Å². The van der Waals surface area contributed by atoms with E-state index < -0.39 is 46.4 Å². The lowest BCUT2D eigenvalue weighted by Gasteiger charge is -2.16. The number of benzene rings is 2. The van der Waals surface area contributed by atoms with Crippen LogP contribution in [0.3, 0.4) is 0 Å². The Kier molecular flexibility index (Phi) is 5.56. The minimum Gasteiger partial charge on any atom is -0.497 e. The molecule has 9 heteroatoms. The van der Waals surface area contributed by atoms with Gasteiger partial charge in [0, 0.05) is 17.6 Å². The molecular formula is C23H15F5N2O2. The van der Waals surface area contributed by atoms with Gasteiger partial charge in [0.05, 0.1) is 18.7 Å². The zero-order valence-electron chi connectivity index (χ0n) is 16.5. The van der Waals surface area contributed by atoms with Crippen LogP contribution >= 0.6 is 0 Å². The normalized spacial score (nSPS) is 12.1. The second-order valence-corrected chi connectivity index (χ2v) is 6.93. The fraction of sp³-hybridized carbons (Fsp3) is 0.0870. The quantitative estimate of drug-likeness (QED) is 0.179. The Morgan fingerprint density at radius 1 is 0.812 bits per heavy atom.